The van der Waals surface area contributed by atoms with Crippen molar-refractivity contribution in [3.8, 4) is 0 Å². The summed E-state index contributed by atoms with van der Waals surface area (Å²) in [6.45, 7) is 3.36. The van der Waals surface area contributed by atoms with Gasteiger partial charge in [0.15, 0.2) is 0 Å². The predicted octanol–water partition coefficient (Wildman–Crippen LogP) is -0.926. The highest BCUT2D eigenvalue weighted by Gasteiger charge is 2.30. The third kappa shape index (κ3) is 10.1. The standard InChI is InChI=1S/C14H26N4O5S.ClH/c1-7(2)11(12(16)21)18-14(23)9(6-10(19)20)17-13(22)8(15)4-5-24-3;/h7-9,11H,4-6,15H2,1-3H3,(H2,16,21)(H,17,22)(H,18,23)(H,19,20);1H/t8-,9-,11+;/m0./s1. The van der Waals surface area contributed by atoms with Gasteiger partial charge < -0.3 is 27.2 Å². The molecule has 0 saturated carbocycles. The number of carboxylic acids is 1. The van der Waals surface area contributed by atoms with Crippen molar-refractivity contribution < 1.29 is 24.3 Å². The lowest BCUT2D eigenvalue weighted by Crippen LogP contribution is -2.57. The molecule has 0 heterocycles. The molecule has 11 heteroatoms. The molecule has 0 saturated heterocycles. The highest BCUT2D eigenvalue weighted by Crippen LogP contribution is 2.04. The Kier molecular flexibility index (Phi) is 13.2. The van der Waals surface area contributed by atoms with E-state index in [0.717, 1.165) is 0 Å². The van der Waals surface area contributed by atoms with Crippen LogP contribution in [-0.2, 0) is 19.2 Å². The Hall–Kier alpha value is -1.52. The second-order valence-corrected chi connectivity index (χ2v) is 6.67. The van der Waals surface area contributed by atoms with Crippen LogP contribution in [0, 0.1) is 5.92 Å². The van der Waals surface area contributed by atoms with E-state index in [1.165, 1.54) is 11.8 Å². The van der Waals surface area contributed by atoms with Gasteiger partial charge in [-0.05, 0) is 24.3 Å². The molecule has 0 bridgehead atoms. The molecule has 0 aliphatic heterocycles. The minimum absolute atomic E-state index is 0. The fraction of sp³-hybridized carbons (Fsp3) is 0.714. The predicted molar refractivity (Wildman–Crippen MR) is 98.4 cm³/mol. The number of carbonyl (C=O) groups excluding carboxylic acids is 3. The molecule has 0 aromatic heterocycles. The molecule has 146 valence electrons. The van der Waals surface area contributed by atoms with Gasteiger partial charge in [0.25, 0.3) is 0 Å². The van der Waals surface area contributed by atoms with Crippen LogP contribution < -0.4 is 22.1 Å². The Bertz CT molecular complexity index is 478. The number of rotatable bonds is 11. The number of primary amides is 1. The zero-order valence-electron chi connectivity index (χ0n) is 14.5. The molecule has 7 N–H and O–H groups in total. The van der Waals surface area contributed by atoms with Gasteiger partial charge in [0.1, 0.15) is 12.1 Å². The van der Waals surface area contributed by atoms with E-state index in [0.29, 0.717) is 12.2 Å². The molecule has 0 unspecified atom stereocenters. The molecule has 3 amide bonds. The van der Waals surface area contributed by atoms with Gasteiger partial charge in [-0.25, -0.2) is 0 Å². The van der Waals surface area contributed by atoms with Crippen LogP contribution in [0.3, 0.4) is 0 Å². The van der Waals surface area contributed by atoms with Gasteiger partial charge in [0.05, 0.1) is 12.5 Å². The van der Waals surface area contributed by atoms with Gasteiger partial charge in [-0.3, -0.25) is 19.2 Å². The largest absolute Gasteiger partial charge is 0.481 e. The number of amides is 3. The van der Waals surface area contributed by atoms with Gasteiger partial charge >= 0.3 is 5.97 Å². The summed E-state index contributed by atoms with van der Waals surface area (Å²) in [7, 11) is 0. The molecule has 9 nitrogen and oxygen atoms in total. The average Bonchev–Trinajstić information content (AvgIpc) is 2.47. The summed E-state index contributed by atoms with van der Waals surface area (Å²) in [6, 6.07) is -3.15. The van der Waals surface area contributed by atoms with E-state index < -0.39 is 48.2 Å². The first-order valence-corrected chi connectivity index (χ1v) is 8.85. The lowest BCUT2D eigenvalue weighted by molar-refractivity contribution is -0.141. The summed E-state index contributed by atoms with van der Waals surface area (Å²) in [5.74, 6) is -3.05. The van der Waals surface area contributed by atoms with E-state index in [4.69, 9.17) is 16.6 Å². The maximum absolute atomic E-state index is 12.2. The molecule has 0 radical (unpaired) electrons. The highest BCUT2D eigenvalue weighted by molar-refractivity contribution is 7.98. The quantitative estimate of drug-likeness (QED) is 0.300. The molecule has 0 aliphatic rings. The summed E-state index contributed by atoms with van der Waals surface area (Å²) in [5.41, 5.74) is 10.9. The van der Waals surface area contributed by atoms with Gasteiger partial charge in [-0.1, -0.05) is 13.8 Å². The maximum Gasteiger partial charge on any atom is 0.305 e. The fourth-order valence-corrected chi connectivity index (χ4v) is 2.35. The number of nitrogens with one attached hydrogen (secondary N) is 2. The van der Waals surface area contributed by atoms with E-state index in [1.807, 2.05) is 6.26 Å². The topological polar surface area (TPSA) is 165 Å². The molecule has 0 spiro atoms. The van der Waals surface area contributed by atoms with Crippen LogP contribution in [0.4, 0.5) is 0 Å². The van der Waals surface area contributed by atoms with Crippen LogP contribution in [0.1, 0.15) is 26.7 Å². The van der Waals surface area contributed by atoms with Crippen LogP contribution in [0.5, 0.6) is 0 Å². The number of hydrogen-bond donors (Lipinski definition) is 5. The van der Waals surface area contributed by atoms with Crippen molar-refractivity contribution in [3.05, 3.63) is 0 Å². The summed E-state index contributed by atoms with van der Waals surface area (Å²) in [4.78, 5) is 46.5. The first-order chi connectivity index (χ1) is 11.1. The first-order valence-electron chi connectivity index (χ1n) is 7.46. The van der Waals surface area contributed by atoms with E-state index in [-0.39, 0.29) is 18.3 Å². The van der Waals surface area contributed by atoms with Crippen LogP contribution in [0.2, 0.25) is 0 Å². The van der Waals surface area contributed by atoms with Gasteiger partial charge in [-0.15, -0.1) is 12.4 Å². The minimum Gasteiger partial charge on any atom is -0.481 e. The van der Waals surface area contributed by atoms with Crippen molar-refractivity contribution in [1.29, 1.82) is 0 Å². The normalized spacial score (nSPS) is 14.0. The molecular weight excluding hydrogens is 372 g/mol. The fourth-order valence-electron chi connectivity index (χ4n) is 1.86. The van der Waals surface area contributed by atoms with Crippen molar-refractivity contribution in [2.75, 3.05) is 12.0 Å². The molecule has 0 fully saturated rings. The second-order valence-electron chi connectivity index (χ2n) is 5.68. The molecular formula is C14H27ClN4O5S. The third-order valence-electron chi connectivity index (χ3n) is 3.25. The Morgan fingerprint density at radius 3 is 2.08 bits per heavy atom. The first kappa shape index (κ1) is 25.7. The number of hydrogen-bond acceptors (Lipinski definition) is 6. The zero-order chi connectivity index (χ0) is 18.9. The van der Waals surface area contributed by atoms with Crippen molar-refractivity contribution in [3.63, 3.8) is 0 Å². The number of carboxylic acid groups (broad SMARTS) is 1. The average molecular weight is 399 g/mol. The van der Waals surface area contributed by atoms with E-state index >= 15 is 0 Å². The summed E-state index contributed by atoms with van der Waals surface area (Å²) in [6.07, 6.45) is 1.63. The number of aliphatic carboxylic acids is 1. The summed E-state index contributed by atoms with van der Waals surface area (Å²) >= 11 is 1.51. The van der Waals surface area contributed by atoms with Crippen LogP contribution in [0.25, 0.3) is 0 Å². The zero-order valence-corrected chi connectivity index (χ0v) is 16.1. The van der Waals surface area contributed by atoms with Crippen molar-refractivity contribution >= 4 is 47.9 Å². The van der Waals surface area contributed by atoms with Gasteiger partial charge in [0.2, 0.25) is 17.7 Å². The second kappa shape index (κ2) is 12.8. The molecule has 0 aliphatic carbocycles. The highest BCUT2D eigenvalue weighted by atomic mass is 35.5. The lowest BCUT2D eigenvalue weighted by Gasteiger charge is -2.24. The SMILES string of the molecule is CSCC[C@H](N)C(=O)N[C@@H](CC(=O)O)C(=O)N[C@@H](C(N)=O)C(C)C.Cl. The molecule has 0 aromatic carbocycles. The number of thioether (sulfide) groups is 1. The Morgan fingerprint density at radius 1 is 1.12 bits per heavy atom. The molecule has 3 atom stereocenters. The summed E-state index contributed by atoms with van der Waals surface area (Å²) < 4.78 is 0. The summed E-state index contributed by atoms with van der Waals surface area (Å²) in [5, 5.41) is 13.6. The third-order valence-corrected chi connectivity index (χ3v) is 3.90. The Morgan fingerprint density at radius 2 is 1.68 bits per heavy atom. The Balaban J connectivity index is 0. The van der Waals surface area contributed by atoms with E-state index in [9.17, 15) is 19.2 Å². The van der Waals surface area contributed by atoms with Gasteiger partial charge in [0, 0.05) is 0 Å². The van der Waals surface area contributed by atoms with Gasteiger partial charge in [-0.2, -0.15) is 11.8 Å². The lowest BCUT2D eigenvalue weighted by atomic mass is 10.0. The monoisotopic (exact) mass is 398 g/mol. The number of carbonyl (C=O) groups is 4. The van der Waals surface area contributed by atoms with Crippen LogP contribution in [-0.4, -0.2) is 58.9 Å². The van der Waals surface area contributed by atoms with Crippen LogP contribution >= 0.6 is 24.2 Å². The maximum atomic E-state index is 12.2. The minimum atomic E-state index is -1.34. The molecule has 25 heavy (non-hydrogen) atoms. The smallest absolute Gasteiger partial charge is 0.305 e. The molecule has 0 rings (SSSR count). The Labute approximate surface area is 157 Å². The van der Waals surface area contributed by atoms with E-state index in [1.54, 1.807) is 13.8 Å². The van der Waals surface area contributed by atoms with Crippen LogP contribution in [0.15, 0.2) is 0 Å². The van der Waals surface area contributed by atoms with Crippen molar-refractivity contribution in [1.82, 2.24) is 10.6 Å². The number of halogens is 1. The van der Waals surface area contributed by atoms with Crippen molar-refractivity contribution in [2.45, 2.75) is 44.8 Å². The van der Waals surface area contributed by atoms with Crippen molar-refractivity contribution in [2.24, 2.45) is 17.4 Å². The number of nitrogens with two attached hydrogens (primary N) is 2. The molecule has 0 aromatic rings. The van der Waals surface area contributed by atoms with E-state index in [2.05, 4.69) is 10.6 Å².